The number of nitrogens with one attached hydrogen (secondary N) is 1. The smallest absolute Gasteiger partial charge is 0.0989 e. The van der Waals surface area contributed by atoms with Crippen molar-refractivity contribution in [2.45, 2.75) is 32.2 Å². The minimum absolute atomic E-state index is 0.507. The van der Waals surface area contributed by atoms with Crippen LogP contribution < -0.4 is 0 Å². The lowest BCUT2D eigenvalue weighted by molar-refractivity contribution is 0.456. The third-order valence-corrected chi connectivity index (χ3v) is 4.75. The fraction of sp³-hybridized carbons (Fsp3) is 0.583. The molecule has 16 heavy (non-hydrogen) atoms. The molecule has 0 saturated heterocycles. The summed E-state index contributed by atoms with van der Waals surface area (Å²) in [4.78, 5) is 2.09. The highest BCUT2D eigenvalue weighted by Gasteiger charge is 2.22. The fourth-order valence-electron chi connectivity index (χ4n) is 2.30. The van der Waals surface area contributed by atoms with E-state index < -0.39 is 0 Å². The Bertz CT molecular complexity index is 369. The molecule has 1 N–H and O–H groups in total. The first kappa shape index (κ1) is 12.1. The van der Waals surface area contributed by atoms with Crippen molar-refractivity contribution in [1.82, 2.24) is 4.90 Å². The Labute approximate surface area is 109 Å². The molecule has 1 heterocycles. The quantitative estimate of drug-likeness (QED) is 0.660. The molecule has 0 atom stereocenters. The van der Waals surface area contributed by atoms with E-state index in [9.17, 15) is 0 Å². The van der Waals surface area contributed by atoms with Crippen molar-refractivity contribution in [2.24, 2.45) is 5.92 Å². The van der Waals surface area contributed by atoms with Crippen LogP contribution in [0.5, 0.6) is 0 Å². The van der Waals surface area contributed by atoms with Crippen molar-refractivity contribution in [3.63, 3.8) is 0 Å². The molecule has 1 fully saturated rings. The van der Waals surface area contributed by atoms with Crippen molar-refractivity contribution in [3.05, 3.63) is 20.8 Å². The zero-order valence-corrected chi connectivity index (χ0v) is 11.9. The average molecular weight is 301 g/mol. The highest BCUT2D eigenvalue weighted by atomic mass is 79.9. The van der Waals surface area contributed by atoms with Gasteiger partial charge in [-0.3, -0.25) is 5.41 Å². The van der Waals surface area contributed by atoms with Gasteiger partial charge in [-0.05, 0) is 45.8 Å². The summed E-state index contributed by atoms with van der Waals surface area (Å²) >= 11 is 5.18. The third-order valence-electron chi connectivity index (χ3n) is 3.19. The maximum Gasteiger partial charge on any atom is 0.0989 e. The Morgan fingerprint density at radius 2 is 2.25 bits per heavy atom. The van der Waals surface area contributed by atoms with Crippen LogP contribution in [0, 0.1) is 11.3 Å². The average Bonchev–Trinajstić information content (AvgIpc) is 2.88. The molecule has 0 aliphatic heterocycles. The Kier molecular flexibility index (Phi) is 4.03. The molecule has 0 spiro atoms. The van der Waals surface area contributed by atoms with Crippen LogP contribution in [0.15, 0.2) is 15.2 Å². The lowest BCUT2D eigenvalue weighted by Crippen LogP contribution is -2.30. The van der Waals surface area contributed by atoms with Gasteiger partial charge in [0.25, 0.3) is 0 Å². The molecular weight excluding hydrogens is 284 g/mol. The number of thiophene rings is 1. The number of rotatable bonds is 3. The molecule has 0 unspecified atom stereocenters. The predicted molar refractivity (Wildman–Crippen MR) is 73.2 cm³/mol. The molecule has 1 aromatic rings. The molecule has 1 aliphatic carbocycles. The molecule has 0 amide bonds. The molecule has 0 aromatic carbocycles. The van der Waals surface area contributed by atoms with Gasteiger partial charge in [-0.25, -0.2) is 0 Å². The van der Waals surface area contributed by atoms with Crippen molar-refractivity contribution >= 4 is 33.1 Å². The van der Waals surface area contributed by atoms with E-state index in [2.05, 4.69) is 32.3 Å². The molecule has 88 valence electrons. The van der Waals surface area contributed by atoms with Gasteiger partial charge in [-0.2, -0.15) is 0 Å². The maximum atomic E-state index is 8.17. The van der Waals surface area contributed by atoms with Gasteiger partial charge in [-0.15, -0.1) is 11.3 Å². The van der Waals surface area contributed by atoms with E-state index in [1.807, 2.05) is 7.05 Å². The van der Waals surface area contributed by atoms with Gasteiger partial charge >= 0.3 is 0 Å². The van der Waals surface area contributed by atoms with Crippen LogP contribution >= 0.6 is 27.3 Å². The van der Waals surface area contributed by atoms with E-state index in [1.165, 1.54) is 35.0 Å². The highest BCUT2D eigenvalue weighted by molar-refractivity contribution is 9.11. The molecule has 0 radical (unpaired) electrons. The fourth-order valence-corrected chi connectivity index (χ4v) is 3.50. The molecular formula is C12H17BrN2S. The monoisotopic (exact) mass is 300 g/mol. The van der Waals surface area contributed by atoms with Crippen molar-refractivity contribution < 1.29 is 0 Å². The molecule has 1 saturated carbocycles. The van der Waals surface area contributed by atoms with E-state index in [1.54, 1.807) is 11.3 Å². The first-order chi connectivity index (χ1) is 7.66. The number of halogens is 1. The number of nitrogens with zero attached hydrogens (tertiary/aromatic N) is 1. The molecule has 1 aliphatic rings. The minimum atomic E-state index is 0.507. The largest absolute Gasteiger partial charge is 0.359 e. The SMILES string of the molecule is CN(Cc1csc(Br)c1)C(=N)C1CCCC1. The number of hydrogen-bond acceptors (Lipinski definition) is 2. The highest BCUT2D eigenvalue weighted by Crippen LogP contribution is 2.27. The Hall–Kier alpha value is -0.350. The summed E-state index contributed by atoms with van der Waals surface area (Å²) < 4.78 is 1.17. The normalized spacial score (nSPS) is 16.6. The zero-order valence-electron chi connectivity index (χ0n) is 9.50. The van der Waals surface area contributed by atoms with Crippen molar-refractivity contribution in [2.75, 3.05) is 7.05 Å². The molecule has 2 rings (SSSR count). The lowest BCUT2D eigenvalue weighted by atomic mass is 10.1. The number of amidine groups is 1. The summed E-state index contributed by atoms with van der Waals surface area (Å²) in [5.74, 6) is 1.33. The van der Waals surface area contributed by atoms with Crippen LogP contribution in [-0.4, -0.2) is 17.8 Å². The minimum Gasteiger partial charge on any atom is -0.359 e. The summed E-state index contributed by atoms with van der Waals surface area (Å²) in [6.45, 7) is 0.859. The topological polar surface area (TPSA) is 27.1 Å². The first-order valence-electron chi connectivity index (χ1n) is 5.69. The second-order valence-electron chi connectivity index (χ2n) is 4.48. The van der Waals surface area contributed by atoms with E-state index in [-0.39, 0.29) is 0 Å². The number of hydrogen-bond donors (Lipinski definition) is 1. The van der Waals surface area contributed by atoms with Crippen LogP contribution in [0.2, 0.25) is 0 Å². The van der Waals surface area contributed by atoms with Gasteiger partial charge in [-0.1, -0.05) is 12.8 Å². The van der Waals surface area contributed by atoms with E-state index in [0.717, 1.165) is 12.4 Å². The van der Waals surface area contributed by atoms with Crippen LogP contribution in [-0.2, 0) is 6.54 Å². The Balaban J connectivity index is 1.91. The van der Waals surface area contributed by atoms with E-state index >= 15 is 0 Å². The third kappa shape index (κ3) is 2.86. The van der Waals surface area contributed by atoms with Gasteiger partial charge in [0.1, 0.15) is 0 Å². The van der Waals surface area contributed by atoms with Crippen molar-refractivity contribution in [1.29, 1.82) is 5.41 Å². The van der Waals surface area contributed by atoms with Crippen LogP contribution in [0.4, 0.5) is 0 Å². The van der Waals surface area contributed by atoms with Crippen molar-refractivity contribution in [3.8, 4) is 0 Å². The second-order valence-corrected chi connectivity index (χ2v) is 6.77. The molecule has 1 aromatic heterocycles. The standard InChI is InChI=1S/C12H17BrN2S/c1-15(7-9-6-11(13)16-8-9)12(14)10-4-2-3-5-10/h6,8,10,14H,2-5,7H2,1H3. The summed E-state index contributed by atoms with van der Waals surface area (Å²) in [6.07, 6.45) is 5.00. The Morgan fingerprint density at radius 3 is 2.81 bits per heavy atom. The Morgan fingerprint density at radius 1 is 1.56 bits per heavy atom. The van der Waals surface area contributed by atoms with Gasteiger partial charge in [0.05, 0.1) is 9.62 Å². The lowest BCUT2D eigenvalue weighted by Gasteiger charge is -2.23. The van der Waals surface area contributed by atoms with Gasteiger partial charge in [0.15, 0.2) is 0 Å². The van der Waals surface area contributed by atoms with Gasteiger partial charge in [0, 0.05) is 19.5 Å². The summed E-state index contributed by atoms with van der Waals surface area (Å²) in [5, 5.41) is 10.3. The van der Waals surface area contributed by atoms with Crippen LogP contribution in [0.1, 0.15) is 31.2 Å². The van der Waals surface area contributed by atoms with Gasteiger partial charge in [0.2, 0.25) is 0 Å². The maximum absolute atomic E-state index is 8.17. The van der Waals surface area contributed by atoms with Crippen LogP contribution in [0.3, 0.4) is 0 Å². The first-order valence-corrected chi connectivity index (χ1v) is 7.36. The summed E-state index contributed by atoms with van der Waals surface area (Å²) in [5.41, 5.74) is 1.29. The zero-order chi connectivity index (χ0) is 11.5. The predicted octanol–water partition coefficient (Wildman–Crippen LogP) is 4.11. The summed E-state index contributed by atoms with van der Waals surface area (Å²) in [6, 6.07) is 2.14. The summed E-state index contributed by atoms with van der Waals surface area (Å²) in [7, 11) is 2.03. The molecule has 2 nitrogen and oxygen atoms in total. The van der Waals surface area contributed by atoms with E-state index in [4.69, 9.17) is 5.41 Å². The second kappa shape index (κ2) is 5.32. The van der Waals surface area contributed by atoms with Crippen LogP contribution in [0.25, 0.3) is 0 Å². The molecule has 0 bridgehead atoms. The van der Waals surface area contributed by atoms with E-state index in [0.29, 0.717) is 5.92 Å². The van der Waals surface area contributed by atoms with Gasteiger partial charge < -0.3 is 4.90 Å². The molecule has 4 heteroatoms.